The maximum atomic E-state index is 13.8. The minimum Gasteiger partial charge on any atom is -0.387 e. The number of carbonyl (C=O) groups excluding carboxylic acids is 1. The summed E-state index contributed by atoms with van der Waals surface area (Å²) in [6.45, 7) is 3.47. The van der Waals surface area contributed by atoms with Crippen molar-refractivity contribution in [3.05, 3.63) is 69.0 Å². The van der Waals surface area contributed by atoms with Gasteiger partial charge in [-0.1, -0.05) is 30.3 Å². The Labute approximate surface area is 213 Å². The van der Waals surface area contributed by atoms with Crippen LogP contribution in [0.4, 0.5) is 0 Å². The van der Waals surface area contributed by atoms with E-state index in [9.17, 15) is 24.1 Å². The number of nitrogens with zero attached hydrogens (tertiary/aromatic N) is 2. The summed E-state index contributed by atoms with van der Waals surface area (Å²) in [7, 11) is -2.54. The molecular formula is C24H32N3O9P. The zero-order chi connectivity index (χ0) is 26.7. The van der Waals surface area contributed by atoms with E-state index in [0.29, 0.717) is 0 Å². The highest BCUT2D eigenvalue weighted by Gasteiger charge is 2.55. The second-order valence-electron chi connectivity index (χ2n) is 8.82. The zero-order valence-electron chi connectivity index (χ0n) is 20.9. The number of aliphatic hydroxyl groups excluding tert-OH is 1. The Kier molecular flexibility index (Phi) is 8.59. The lowest BCUT2D eigenvalue weighted by Gasteiger charge is -2.34. The third-order valence-corrected chi connectivity index (χ3v) is 9.02. The molecule has 2 N–H and O–H groups in total. The van der Waals surface area contributed by atoms with Crippen LogP contribution in [0.15, 0.2) is 52.2 Å². The average Bonchev–Trinajstić information content (AvgIpc) is 3.36. The number of aromatic nitrogens is 2. The Balaban J connectivity index is 1.71. The smallest absolute Gasteiger partial charge is 0.355 e. The van der Waals surface area contributed by atoms with E-state index in [1.165, 1.54) is 13.3 Å². The molecule has 13 heteroatoms. The lowest BCUT2D eigenvalue weighted by Crippen LogP contribution is -2.44. The number of hydrogen-bond acceptors (Lipinski definition) is 10. The summed E-state index contributed by atoms with van der Waals surface area (Å²) < 4.78 is 37.6. The first-order valence-electron chi connectivity index (χ1n) is 12.1. The number of ketones is 1. The van der Waals surface area contributed by atoms with Crippen molar-refractivity contribution in [2.75, 3.05) is 26.9 Å². The first-order chi connectivity index (χ1) is 17.7. The van der Waals surface area contributed by atoms with Gasteiger partial charge in [0, 0.05) is 38.4 Å². The molecule has 2 saturated heterocycles. The number of hydrogen-bond donors (Lipinski definition) is 2. The molecule has 2 aliphatic rings. The van der Waals surface area contributed by atoms with E-state index in [1.807, 2.05) is 30.3 Å². The number of nitrogens with one attached hydrogen (secondary N) is 1. The van der Waals surface area contributed by atoms with E-state index in [0.717, 1.165) is 16.2 Å². The highest BCUT2D eigenvalue weighted by Crippen LogP contribution is 2.59. The van der Waals surface area contributed by atoms with Crippen LogP contribution in [-0.4, -0.2) is 76.3 Å². The van der Waals surface area contributed by atoms with Crippen molar-refractivity contribution in [2.24, 2.45) is 0 Å². The molecule has 202 valence electrons. The third kappa shape index (κ3) is 5.42. The lowest BCUT2D eigenvalue weighted by molar-refractivity contribution is -0.118. The molecule has 2 aromatic rings. The van der Waals surface area contributed by atoms with Crippen LogP contribution in [0.1, 0.15) is 38.1 Å². The molecule has 1 aromatic heterocycles. The SMILES string of the molecule is CCOP(=O)(OCC)[C@H]1C(=O)CC(c2ccccc2)N1CC1OC(n2ccc(=O)[nH]c2=O)C(OC)C1O. The van der Waals surface area contributed by atoms with Gasteiger partial charge in [0.05, 0.1) is 13.2 Å². The van der Waals surface area contributed by atoms with Crippen molar-refractivity contribution in [2.45, 2.75) is 56.6 Å². The average molecular weight is 538 g/mol. The van der Waals surface area contributed by atoms with Gasteiger partial charge < -0.3 is 23.6 Å². The first-order valence-corrected chi connectivity index (χ1v) is 13.7. The minimum atomic E-state index is -3.91. The Hall–Kier alpha value is -2.44. The summed E-state index contributed by atoms with van der Waals surface area (Å²) in [6.07, 6.45) is -2.82. The summed E-state index contributed by atoms with van der Waals surface area (Å²) >= 11 is 0. The van der Waals surface area contributed by atoms with E-state index < -0.39 is 55.2 Å². The van der Waals surface area contributed by atoms with E-state index in [1.54, 1.807) is 18.7 Å². The molecule has 0 amide bonds. The van der Waals surface area contributed by atoms with Crippen LogP contribution < -0.4 is 11.2 Å². The molecule has 12 nitrogen and oxygen atoms in total. The van der Waals surface area contributed by atoms with Crippen molar-refractivity contribution >= 4 is 13.4 Å². The fourth-order valence-electron chi connectivity index (χ4n) is 5.06. The van der Waals surface area contributed by atoms with Crippen molar-refractivity contribution in [1.29, 1.82) is 0 Å². The molecule has 4 rings (SSSR count). The Morgan fingerprint density at radius 1 is 1.11 bits per heavy atom. The maximum absolute atomic E-state index is 13.8. The molecule has 3 heterocycles. The Morgan fingerprint density at radius 2 is 1.78 bits per heavy atom. The van der Waals surface area contributed by atoms with Crippen molar-refractivity contribution in [3.63, 3.8) is 0 Å². The molecule has 0 spiro atoms. The van der Waals surface area contributed by atoms with Crippen molar-refractivity contribution < 1.29 is 33.0 Å². The standard InChI is InChI=1S/C24H32N3O9P/c1-4-34-37(32,35-5-2)23-17(28)13-16(15-9-7-6-8-10-15)27(23)14-18-20(30)21(33-3)22(36-18)26-12-11-19(29)25-24(26)31/h6-12,16,18,20-23,30H,4-5,13-14H2,1-3H3,(H,25,29,31)/t16?,18?,20?,21?,22?,23-/m0/s1. The minimum absolute atomic E-state index is 0.0320. The number of methoxy groups -OCH3 is 1. The fraction of sp³-hybridized carbons (Fsp3) is 0.542. The largest absolute Gasteiger partial charge is 0.387 e. The number of aliphatic hydroxyl groups is 1. The third-order valence-electron chi connectivity index (χ3n) is 6.60. The molecule has 0 radical (unpaired) electrons. The van der Waals surface area contributed by atoms with Gasteiger partial charge in [0.2, 0.25) is 0 Å². The maximum Gasteiger partial charge on any atom is 0.355 e. The summed E-state index contributed by atoms with van der Waals surface area (Å²) in [5, 5.41) is 11.1. The molecule has 5 unspecified atom stereocenters. The quantitative estimate of drug-likeness (QED) is 0.426. The number of carbonyl (C=O) groups is 1. The van der Waals surface area contributed by atoms with Crippen molar-refractivity contribution in [3.8, 4) is 0 Å². The van der Waals surface area contributed by atoms with Gasteiger partial charge in [-0.3, -0.25) is 28.6 Å². The van der Waals surface area contributed by atoms with Gasteiger partial charge in [0.25, 0.3) is 5.56 Å². The summed E-state index contributed by atoms with van der Waals surface area (Å²) in [4.78, 5) is 41.1. The van der Waals surface area contributed by atoms with Gasteiger partial charge in [0.1, 0.15) is 18.3 Å². The molecule has 37 heavy (non-hydrogen) atoms. The van der Waals surface area contributed by atoms with Crippen LogP contribution in [0, 0.1) is 0 Å². The monoisotopic (exact) mass is 537 g/mol. The molecule has 0 aliphatic carbocycles. The van der Waals surface area contributed by atoms with Gasteiger partial charge >= 0.3 is 13.3 Å². The number of aromatic amines is 1. The van der Waals surface area contributed by atoms with Gasteiger partial charge in [-0.15, -0.1) is 0 Å². The molecule has 1 aromatic carbocycles. The molecule has 2 fully saturated rings. The predicted molar refractivity (Wildman–Crippen MR) is 132 cm³/mol. The van der Waals surface area contributed by atoms with Crippen LogP contribution >= 0.6 is 7.60 Å². The molecule has 0 saturated carbocycles. The molecule has 2 aliphatic heterocycles. The molecular weight excluding hydrogens is 505 g/mol. The van der Waals surface area contributed by atoms with Crippen LogP contribution in [0.5, 0.6) is 0 Å². The second kappa shape index (κ2) is 11.5. The zero-order valence-corrected chi connectivity index (χ0v) is 21.8. The van der Waals surface area contributed by atoms with Gasteiger partial charge in [-0.05, 0) is 19.4 Å². The number of likely N-dealkylation sites (tertiary alicyclic amines) is 1. The van der Waals surface area contributed by atoms with Crippen LogP contribution in [0.3, 0.4) is 0 Å². The van der Waals surface area contributed by atoms with Crippen LogP contribution in [0.25, 0.3) is 0 Å². The van der Waals surface area contributed by atoms with E-state index in [4.69, 9.17) is 18.5 Å². The number of rotatable bonds is 10. The summed E-state index contributed by atoms with van der Waals surface area (Å²) in [5.41, 5.74) is -0.472. The Bertz CT molecular complexity index is 1240. The van der Waals surface area contributed by atoms with Gasteiger partial charge in [-0.2, -0.15) is 0 Å². The number of benzene rings is 1. The lowest BCUT2D eigenvalue weighted by atomic mass is 10.0. The van der Waals surface area contributed by atoms with E-state index in [-0.39, 0.29) is 32.0 Å². The summed E-state index contributed by atoms with van der Waals surface area (Å²) in [6, 6.07) is 9.97. The normalized spacial score (nSPS) is 28.7. The molecule has 6 atom stereocenters. The number of Topliss-reactive ketones (excluding diaryl/α,β-unsaturated/α-hetero) is 1. The van der Waals surface area contributed by atoms with E-state index in [2.05, 4.69) is 4.98 Å². The Morgan fingerprint density at radius 3 is 2.38 bits per heavy atom. The van der Waals surface area contributed by atoms with Crippen molar-refractivity contribution in [1.82, 2.24) is 14.5 Å². The van der Waals surface area contributed by atoms with Gasteiger partial charge in [-0.25, -0.2) is 4.79 Å². The van der Waals surface area contributed by atoms with Crippen LogP contribution in [0.2, 0.25) is 0 Å². The van der Waals surface area contributed by atoms with Gasteiger partial charge in [0.15, 0.2) is 17.8 Å². The number of H-pyrrole nitrogens is 1. The topological polar surface area (TPSA) is 149 Å². The predicted octanol–water partition coefficient (Wildman–Crippen LogP) is 1.42. The first kappa shape index (κ1) is 27.6. The number of ether oxygens (including phenoxy) is 2. The van der Waals surface area contributed by atoms with Crippen LogP contribution in [-0.2, 0) is 27.9 Å². The fourth-order valence-corrected chi connectivity index (χ4v) is 7.21. The molecule has 0 bridgehead atoms. The highest BCUT2D eigenvalue weighted by molar-refractivity contribution is 7.55. The van der Waals surface area contributed by atoms with E-state index >= 15 is 0 Å². The summed E-state index contributed by atoms with van der Waals surface area (Å²) in [5.74, 6) is -1.51. The highest BCUT2D eigenvalue weighted by atomic mass is 31.2. The second-order valence-corrected chi connectivity index (χ2v) is 10.9.